The van der Waals surface area contributed by atoms with Crippen molar-refractivity contribution in [2.45, 2.75) is 68.5 Å². The van der Waals surface area contributed by atoms with Gasteiger partial charge in [0.2, 0.25) is 20.0 Å². The lowest BCUT2D eigenvalue weighted by Gasteiger charge is -2.38. The van der Waals surface area contributed by atoms with E-state index in [2.05, 4.69) is 9.44 Å². The molecule has 1 fully saturated rings. The standard InChI is InChI=1S/C26H32F3N3O5S2/c1-24(2,3)31-39(36,37)20-7-5-6-17(14-20)23(33)32-16-25(12-10-18(11-13-25)26(27,28)29)21-15-19(8-9-22(21)32)30-38(4,34)35/h5-9,14-15,18,30-31H,10-13,16H2,1-4H3/t18-,25+. The number of halogens is 3. The average Bonchev–Trinajstić information content (AvgIpc) is 3.09. The van der Waals surface area contributed by atoms with Gasteiger partial charge < -0.3 is 4.90 Å². The van der Waals surface area contributed by atoms with E-state index in [1.807, 2.05) is 0 Å². The molecule has 13 heteroatoms. The van der Waals surface area contributed by atoms with Crippen molar-refractivity contribution in [3.05, 3.63) is 53.6 Å². The summed E-state index contributed by atoms with van der Waals surface area (Å²) in [4.78, 5) is 15.1. The van der Waals surface area contributed by atoms with Gasteiger partial charge in [0, 0.05) is 34.4 Å². The van der Waals surface area contributed by atoms with E-state index in [0.29, 0.717) is 11.3 Å². The number of rotatable bonds is 5. The largest absolute Gasteiger partial charge is 0.391 e. The zero-order valence-electron chi connectivity index (χ0n) is 22.1. The molecule has 0 atom stereocenters. The number of hydrogen-bond donors (Lipinski definition) is 2. The van der Waals surface area contributed by atoms with E-state index in [0.717, 1.165) is 6.26 Å². The highest BCUT2D eigenvalue weighted by atomic mass is 32.2. The normalized spacial score (nSPS) is 22.1. The van der Waals surface area contributed by atoms with E-state index in [-0.39, 0.29) is 48.4 Å². The molecule has 0 unspecified atom stereocenters. The summed E-state index contributed by atoms with van der Waals surface area (Å²) in [6, 6.07) is 10.3. The van der Waals surface area contributed by atoms with Crippen LogP contribution in [-0.2, 0) is 25.5 Å². The van der Waals surface area contributed by atoms with E-state index in [1.165, 1.54) is 35.2 Å². The maximum absolute atomic E-state index is 13.8. The molecule has 1 spiro atoms. The molecule has 0 saturated heterocycles. The third kappa shape index (κ3) is 6.41. The highest BCUT2D eigenvalue weighted by molar-refractivity contribution is 7.92. The quantitative estimate of drug-likeness (QED) is 0.523. The molecule has 1 heterocycles. The Balaban J connectivity index is 1.72. The number of carbonyl (C=O) groups is 1. The Morgan fingerprint density at radius 1 is 1.00 bits per heavy atom. The SMILES string of the molecule is CC(C)(C)NS(=O)(=O)c1cccc(C(=O)N2C[C@]3(CC[C@H](C(F)(F)F)CC3)c3cc(NS(C)(=O)=O)ccc32)c1. The third-order valence-corrected chi connectivity index (χ3v) is 9.47. The van der Waals surface area contributed by atoms with Crippen LogP contribution in [0.1, 0.15) is 62.4 Å². The van der Waals surface area contributed by atoms with Gasteiger partial charge in [-0.1, -0.05) is 6.07 Å². The number of hydrogen-bond acceptors (Lipinski definition) is 5. The molecule has 0 aromatic heterocycles. The van der Waals surface area contributed by atoms with Crippen LogP contribution in [0.5, 0.6) is 0 Å². The van der Waals surface area contributed by atoms with Crippen LogP contribution in [0, 0.1) is 5.92 Å². The Morgan fingerprint density at radius 2 is 1.64 bits per heavy atom. The molecule has 1 aliphatic heterocycles. The molecule has 2 aromatic rings. The van der Waals surface area contributed by atoms with Gasteiger partial charge in [-0.25, -0.2) is 21.6 Å². The predicted molar refractivity (Wildman–Crippen MR) is 143 cm³/mol. The number of benzene rings is 2. The lowest BCUT2D eigenvalue weighted by molar-refractivity contribution is -0.184. The topological polar surface area (TPSA) is 113 Å². The van der Waals surface area contributed by atoms with Gasteiger partial charge >= 0.3 is 6.18 Å². The molecule has 2 aliphatic rings. The first-order chi connectivity index (χ1) is 17.8. The van der Waals surface area contributed by atoms with E-state index >= 15 is 0 Å². The van der Waals surface area contributed by atoms with Gasteiger partial charge in [-0.05, 0) is 88.4 Å². The number of sulfonamides is 2. The second kappa shape index (κ2) is 9.77. The molecule has 1 amide bonds. The fraction of sp³-hybridized carbons (Fsp3) is 0.500. The van der Waals surface area contributed by atoms with Crippen molar-refractivity contribution in [3.63, 3.8) is 0 Å². The van der Waals surface area contributed by atoms with Crippen LogP contribution >= 0.6 is 0 Å². The number of nitrogens with zero attached hydrogens (tertiary/aromatic N) is 1. The van der Waals surface area contributed by atoms with Crippen molar-refractivity contribution in [2.75, 3.05) is 22.4 Å². The minimum Gasteiger partial charge on any atom is -0.307 e. The zero-order chi connectivity index (χ0) is 29.0. The van der Waals surface area contributed by atoms with Crippen LogP contribution in [0.2, 0.25) is 0 Å². The molecule has 1 aliphatic carbocycles. The molecule has 0 bridgehead atoms. The molecular formula is C26H32F3N3O5S2. The first-order valence-corrected chi connectivity index (χ1v) is 15.8. The van der Waals surface area contributed by atoms with Gasteiger partial charge in [0.05, 0.1) is 17.1 Å². The third-order valence-electron chi connectivity index (χ3n) is 7.11. The Kier molecular flexibility index (Phi) is 7.35. The highest BCUT2D eigenvalue weighted by Gasteiger charge is 2.51. The lowest BCUT2D eigenvalue weighted by atomic mass is 9.67. The summed E-state index contributed by atoms with van der Waals surface area (Å²) in [5.41, 5.74) is -0.110. The molecule has 1 saturated carbocycles. The predicted octanol–water partition coefficient (Wildman–Crippen LogP) is 4.79. The van der Waals surface area contributed by atoms with Gasteiger partial charge in [-0.3, -0.25) is 9.52 Å². The van der Waals surface area contributed by atoms with Crippen LogP contribution in [0.3, 0.4) is 0 Å². The van der Waals surface area contributed by atoms with Crippen molar-refractivity contribution in [3.8, 4) is 0 Å². The second-order valence-electron chi connectivity index (χ2n) is 11.5. The fourth-order valence-electron chi connectivity index (χ4n) is 5.47. The summed E-state index contributed by atoms with van der Waals surface area (Å²) in [7, 11) is -7.53. The van der Waals surface area contributed by atoms with Crippen LogP contribution in [0.4, 0.5) is 24.5 Å². The molecule has 2 aromatic carbocycles. The van der Waals surface area contributed by atoms with E-state index < -0.39 is 49.0 Å². The fourth-order valence-corrected chi connectivity index (χ4v) is 7.49. The first-order valence-electron chi connectivity index (χ1n) is 12.4. The number of amides is 1. The van der Waals surface area contributed by atoms with E-state index in [1.54, 1.807) is 32.9 Å². The number of carbonyl (C=O) groups excluding carboxylic acids is 1. The van der Waals surface area contributed by atoms with Gasteiger partial charge in [0.1, 0.15) is 0 Å². The van der Waals surface area contributed by atoms with E-state index in [4.69, 9.17) is 0 Å². The van der Waals surface area contributed by atoms with Crippen LogP contribution in [0.15, 0.2) is 47.4 Å². The average molecular weight is 588 g/mol. The summed E-state index contributed by atoms with van der Waals surface area (Å²) < 4.78 is 94.6. The van der Waals surface area contributed by atoms with Crippen LogP contribution in [-0.4, -0.2) is 47.3 Å². The minimum atomic E-state index is -4.31. The maximum Gasteiger partial charge on any atom is 0.391 e. The van der Waals surface area contributed by atoms with Crippen molar-refractivity contribution >= 4 is 37.3 Å². The summed E-state index contributed by atoms with van der Waals surface area (Å²) >= 11 is 0. The van der Waals surface area contributed by atoms with Crippen LogP contribution < -0.4 is 14.3 Å². The first kappa shape index (κ1) is 29.3. The summed E-state index contributed by atoms with van der Waals surface area (Å²) in [6.07, 6.45) is -3.20. The summed E-state index contributed by atoms with van der Waals surface area (Å²) in [6.45, 7) is 5.19. The molecule has 39 heavy (non-hydrogen) atoms. The molecule has 2 N–H and O–H groups in total. The summed E-state index contributed by atoms with van der Waals surface area (Å²) in [5.74, 6) is -1.94. The van der Waals surface area contributed by atoms with Crippen LogP contribution in [0.25, 0.3) is 0 Å². The number of anilines is 2. The Morgan fingerprint density at radius 3 is 2.21 bits per heavy atom. The van der Waals surface area contributed by atoms with Crippen molar-refractivity contribution in [1.82, 2.24) is 4.72 Å². The van der Waals surface area contributed by atoms with Gasteiger partial charge in [0.25, 0.3) is 5.91 Å². The second-order valence-corrected chi connectivity index (χ2v) is 14.9. The monoisotopic (exact) mass is 587 g/mol. The molecule has 0 radical (unpaired) electrons. The van der Waals surface area contributed by atoms with Crippen molar-refractivity contribution in [1.29, 1.82) is 0 Å². The zero-order valence-corrected chi connectivity index (χ0v) is 23.7. The Labute approximate surface area is 227 Å². The number of nitrogens with one attached hydrogen (secondary N) is 2. The smallest absolute Gasteiger partial charge is 0.307 e. The van der Waals surface area contributed by atoms with Gasteiger partial charge in [-0.15, -0.1) is 0 Å². The maximum atomic E-state index is 13.8. The van der Waals surface area contributed by atoms with Gasteiger partial charge in [0.15, 0.2) is 0 Å². The molecule has 8 nitrogen and oxygen atoms in total. The van der Waals surface area contributed by atoms with E-state index in [9.17, 15) is 34.8 Å². The van der Waals surface area contributed by atoms with Crippen molar-refractivity contribution < 1.29 is 34.8 Å². The summed E-state index contributed by atoms with van der Waals surface area (Å²) in [5, 5.41) is 0. The Bertz CT molecular complexity index is 1490. The Hall–Kier alpha value is -2.64. The number of alkyl halides is 3. The lowest BCUT2D eigenvalue weighted by Crippen LogP contribution is -2.42. The molecule has 214 valence electrons. The van der Waals surface area contributed by atoms with Crippen molar-refractivity contribution in [2.24, 2.45) is 5.92 Å². The molecular weight excluding hydrogens is 555 g/mol. The minimum absolute atomic E-state index is 0.0872. The number of fused-ring (bicyclic) bond motifs is 2. The highest BCUT2D eigenvalue weighted by Crippen LogP contribution is 2.53. The molecule has 4 rings (SSSR count). The van der Waals surface area contributed by atoms with Gasteiger partial charge in [-0.2, -0.15) is 13.2 Å².